The number of halogens is 1. The monoisotopic (exact) mass is 489 g/mol. The molecule has 8 heteroatoms. The molecule has 1 aliphatic heterocycles. The van der Waals surface area contributed by atoms with Gasteiger partial charge in [0, 0.05) is 47.7 Å². The summed E-state index contributed by atoms with van der Waals surface area (Å²) < 4.78 is 0. The van der Waals surface area contributed by atoms with Gasteiger partial charge in [0.1, 0.15) is 0 Å². The van der Waals surface area contributed by atoms with Gasteiger partial charge < -0.3 is 26.2 Å². The largest absolute Gasteiger partial charge is 0.399 e. The van der Waals surface area contributed by atoms with Gasteiger partial charge >= 0.3 is 0 Å². The standard InChI is InChI=1S/C27H28ClN5O2/c1-32(2)15-14-24(34)33(3)21-11-9-20(10-12-21)30-26(17-4-7-19(29)8-5-17)25-22-13-6-18(28)16-23(22)31-27(25)35/h4-13,16,30H,14-15,29H2,1-3H3,(H,31,35). The van der Waals surface area contributed by atoms with Gasteiger partial charge in [0.15, 0.2) is 0 Å². The van der Waals surface area contributed by atoms with E-state index in [4.69, 9.17) is 17.3 Å². The van der Waals surface area contributed by atoms with Crippen LogP contribution in [0.3, 0.4) is 0 Å². The molecule has 0 bridgehead atoms. The Bertz CT molecular complexity index is 1280. The summed E-state index contributed by atoms with van der Waals surface area (Å²) >= 11 is 6.13. The summed E-state index contributed by atoms with van der Waals surface area (Å²) in [6.07, 6.45) is 0.440. The van der Waals surface area contributed by atoms with Crippen molar-refractivity contribution in [3.63, 3.8) is 0 Å². The molecule has 0 fully saturated rings. The van der Waals surface area contributed by atoms with Gasteiger partial charge in [-0.25, -0.2) is 0 Å². The van der Waals surface area contributed by atoms with E-state index in [2.05, 4.69) is 10.6 Å². The summed E-state index contributed by atoms with van der Waals surface area (Å²) in [7, 11) is 5.66. The molecule has 180 valence electrons. The van der Waals surface area contributed by atoms with Crippen molar-refractivity contribution in [1.29, 1.82) is 0 Å². The lowest BCUT2D eigenvalue weighted by Gasteiger charge is -2.20. The summed E-state index contributed by atoms with van der Waals surface area (Å²) in [5, 5.41) is 6.86. The average molecular weight is 490 g/mol. The van der Waals surface area contributed by atoms with Gasteiger partial charge in [0.05, 0.1) is 17.0 Å². The molecular formula is C27H28ClN5O2. The molecule has 2 amide bonds. The zero-order chi connectivity index (χ0) is 25.1. The Kier molecular flexibility index (Phi) is 7.10. The molecule has 3 aromatic carbocycles. The molecule has 0 aliphatic carbocycles. The lowest BCUT2D eigenvalue weighted by atomic mass is 10.00. The molecular weight excluding hydrogens is 462 g/mol. The predicted molar refractivity (Wildman–Crippen MR) is 144 cm³/mol. The number of hydrogen-bond acceptors (Lipinski definition) is 5. The number of rotatable bonds is 7. The van der Waals surface area contributed by atoms with Gasteiger partial charge in [-0.05, 0) is 68.2 Å². The molecule has 0 spiro atoms. The molecule has 1 heterocycles. The predicted octanol–water partition coefficient (Wildman–Crippen LogP) is 4.77. The van der Waals surface area contributed by atoms with Crippen molar-refractivity contribution >= 4 is 57.4 Å². The van der Waals surface area contributed by atoms with E-state index in [0.29, 0.717) is 40.6 Å². The van der Waals surface area contributed by atoms with Gasteiger partial charge in [0.25, 0.3) is 5.91 Å². The van der Waals surface area contributed by atoms with Crippen LogP contribution in [0.1, 0.15) is 17.5 Å². The number of hydrogen-bond donors (Lipinski definition) is 3. The van der Waals surface area contributed by atoms with Crippen molar-refractivity contribution < 1.29 is 9.59 Å². The molecule has 7 nitrogen and oxygen atoms in total. The minimum absolute atomic E-state index is 0.0435. The number of amides is 2. The second-order valence-corrected chi connectivity index (χ2v) is 9.13. The number of fused-ring (bicyclic) bond motifs is 1. The number of nitrogens with one attached hydrogen (secondary N) is 2. The second-order valence-electron chi connectivity index (χ2n) is 8.69. The fourth-order valence-electron chi connectivity index (χ4n) is 3.87. The van der Waals surface area contributed by atoms with Crippen LogP contribution in [0.4, 0.5) is 22.7 Å². The first-order valence-corrected chi connectivity index (χ1v) is 11.6. The van der Waals surface area contributed by atoms with Crippen LogP contribution in [0.2, 0.25) is 5.02 Å². The van der Waals surface area contributed by atoms with Crippen LogP contribution in [-0.4, -0.2) is 44.4 Å². The maximum atomic E-state index is 13.0. The van der Waals surface area contributed by atoms with Crippen LogP contribution < -0.4 is 21.3 Å². The highest BCUT2D eigenvalue weighted by atomic mass is 35.5. The minimum atomic E-state index is -0.218. The zero-order valence-electron chi connectivity index (χ0n) is 19.9. The normalized spacial score (nSPS) is 13.9. The van der Waals surface area contributed by atoms with Crippen LogP contribution in [0.25, 0.3) is 11.3 Å². The molecule has 35 heavy (non-hydrogen) atoms. The van der Waals surface area contributed by atoms with Gasteiger partial charge in [-0.1, -0.05) is 29.8 Å². The molecule has 3 aromatic rings. The Morgan fingerprint density at radius 3 is 2.34 bits per heavy atom. The number of nitrogens with zero attached hydrogens (tertiary/aromatic N) is 2. The van der Waals surface area contributed by atoms with Gasteiger partial charge in [-0.2, -0.15) is 0 Å². The molecule has 0 atom stereocenters. The van der Waals surface area contributed by atoms with Crippen molar-refractivity contribution in [2.45, 2.75) is 6.42 Å². The van der Waals surface area contributed by atoms with Crippen LogP contribution in [0, 0.1) is 0 Å². The van der Waals surface area contributed by atoms with Crippen LogP contribution in [0.5, 0.6) is 0 Å². The number of anilines is 4. The van der Waals surface area contributed by atoms with E-state index < -0.39 is 0 Å². The second kappa shape index (κ2) is 10.2. The molecule has 4 N–H and O–H groups in total. The van der Waals surface area contributed by atoms with Gasteiger partial charge in [-0.3, -0.25) is 9.59 Å². The van der Waals surface area contributed by atoms with E-state index >= 15 is 0 Å². The first-order valence-electron chi connectivity index (χ1n) is 11.2. The van der Waals surface area contributed by atoms with Gasteiger partial charge in [-0.15, -0.1) is 0 Å². The Morgan fingerprint density at radius 1 is 1.00 bits per heavy atom. The summed E-state index contributed by atoms with van der Waals surface area (Å²) in [6, 6.07) is 20.2. The van der Waals surface area contributed by atoms with Crippen molar-refractivity contribution in [2.75, 3.05) is 49.0 Å². The Morgan fingerprint density at radius 2 is 1.69 bits per heavy atom. The third kappa shape index (κ3) is 5.48. The third-order valence-electron chi connectivity index (χ3n) is 5.85. The molecule has 4 rings (SSSR count). The van der Waals surface area contributed by atoms with E-state index in [9.17, 15) is 9.59 Å². The zero-order valence-corrected chi connectivity index (χ0v) is 20.7. The first-order chi connectivity index (χ1) is 16.7. The maximum Gasteiger partial charge on any atom is 0.258 e. The summed E-state index contributed by atoms with van der Waals surface area (Å²) in [6.45, 7) is 0.691. The van der Waals surface area contributed by atoms with Crippen LogP contribution in [-0.2, 0) is 9.59 Å². The Hall–Kier alpha value is -3.81. The lowest BCUT2D eigenvalue weighted by Crippen LogP contribution is -2.29. The fraction of sp³-hybridized carbons (Fsp3) is 0.185. The number of carbonyl (C=O) groups excluding carboxylic acids is 2. The number of benzene rings is 3. The quantitative estimate of drug-likeness (QED) is 0.328. The van der Waals surface area contributed by atoms with Crippen molar-refractivity contribution in [3.8, 4) is 0 Å². The van der Waals surface area contributed by atoms with E-state index in [0.717, 1.165) is 22.5 Å². The van der Waals surface area contributed by atoms with Crippen molar-refractivity contribution in [3.05, 3.63) is 82.9 Å². The van der Waals surface area contributed by atoms with Crippen molar-refractivity contribution in [2.24, 2.45) is 0 Å². The summed E-state index contributed by atoms with van der Waals surface area (Å²) in [5.41, 5.74) is 11.5. The Labute approximate surface area is 210 Å². The molecule has 0 radical (unpaired) electrons. The average Bonchev–Trinajstić information content (AvgIpc) is 3.16. The molecule has 0 saturated heterocycles. The highest BCUT2D eigenvalue weighted by Gasteiger charge is 2.28. The number of nitrogen functional groups attached to an aromatic ring is 1. The van der Waals surface area contributed by atoms with E-state index in [1.807, 2.05) is 61.5 Å². The number of nitrogens with two attached hydrogens (primary N) is 1. The molecule has 1 aliphatic rings. The molecule has 0 saturated carbocycles. The van der Waals surface area contributed by atoms with Crippen LogP contribution >= 0.6 is 11.6 Å². The molecule has 0 aromatic heterocycles. The van der Waals surface area contributed by atoms with E-state index in [1.165, 1.54) is 0 Å². The van der Waals surface area contributed by atoms with E-state index in [1.54, 1.807) is 36.2 Å². The van der Waals surface area contributed by atoms with E-state index in [-0.39, 0.29) is 11.8 Å². The smallest absolute Gasteiger partial charge is 0.258 e. The number of carbonyl (C=O) groups is 2. The van der Waals surface area contributed by atoms with Gasteiger partial charge in [0.2, 0.25) is 5.91 Å². The fourth-order valence-corrected chi connectivity index (χ4v) is 4.04. The summed E-state index contributed by atoms with van der Waals surface area (Å²) in [4.78, 5) is 29.1. The Balaban J connectivity index is 1.67. The van der Waals surface area contributed by atoms with Crippen LogP contribution in [0.15, 0.2) is 66.7 Å². The highest BCUT2D eigenvalue weighted by molar-refractivity contribution is 6.38. The van der Waals surface area contributed by atoms with Crippen molar-refractivity contribution in [1.82, 2.24) is 4.90 Å². The SMILES string of the molecule is CN(C)CCC(=O)N(C)c1ccc(NC(=C2C(=O)Nc3cc(Cl)ccc32)c2ccc(N)cc2)cc1. The minimum Gasteiger partial charge on any atom is -0.399 e. The first kappa shape index (κ1) is 24.3. The highest BCUT2D eigenvalue weighted by Crippen LogP contribution is 2.39. The topological polar surface area (TPSA) is 90.7 Å². The molecule has 0 unspecified atom stereocenters. The maximum absolute atomic E-state index is 13.0. The third-order valence-corrected chi connectivity index (χ3v) is 6.08. The lowest BCUT2D eigenvalue weighted by molar-refractivity contribution is -0.118. The summed E-state index contributed by atoms with van der Waals surface area (Å²) in [5.74, 6) is -0.175.